The Morgan fingerprint density at radius 2 is 2.20 bits per heavy atom. The molecule has 1 aliphatic rings. The van der Waals surface area contributed by atoms with Crippen molar-refractivity contribution in [2.24, 2.45) is 0 Å². The first-order chi connectivity index (χ1) is 9.70. The number of rotatable bonds is 6. The van der Waals surface area contributed by atoms with Gasteiger partial charge in [0.15, 0.2) is 0 Å². The zero-order chi connectivity index (χ0) is 13.9. The van der Waals surface area contributed by atoms with Crippen molar-refractivity contribution in [2.75, 3.05) is 5.32 Å². The molecule has 0 spiro atoms. The summed E-state index contributed by atoms with van der Waals surface area (Å²) in [5.74, 6) is 0.620. The number of hydrogen-bond acceptors (Lipinski definition) is 5. The van der Waals surface area contributed by atoms with E-state index >= 15 is 0 Å². The fraction of sp³-hybridized carbons (Fsp3) is 0.462. The van der Waals surface area contributed by atoms with Gasteiger partial charge in [-0.2, -0.15) is 0 Å². The van der Waals surface area contributed by atoms with Crippen LogP contribution in [-0.4, -0.2) is 16.1 Å². The topological polar surface area (TPSA) is 54.9 Å². The maximum Gasteiger partial charge on any atom is 0.226 e. The van der Waals surface area contributed by atoms with Gasteiger partial charge in [0.25, 0.3) is 0 Å². The molecule has 1 aliphatic carbocycles. The van der Waals surface area contributed by atoms with E-state index in [1.54, 1.807) is 11.3 Å². The number of thiophene rings is 1. The highest BCUT2D eigenvalue weighted by molar-refractivity contribution is 9.11. The number of nitrogens with zero attached hydrogens (tertiary/aromatic N) is 2. The summed E-state index contributed by atoms with van der Waals surface area (Å²) in [5, 5.41) is 12.7. The Morgan fingerprint density at radius 3 is 2.90 bits per heavy atom. The molecule has 106 valence electrons. The van der Waals surface area contributed by atoms with Gasteiger partial charge in [0.2, 0.25) is 11.0 Å². The van der Waals surface area contributed by atoms with E-state index in [0.717, 1.165) is 21.6 Å². The molecule has 20 heavy (non-hydrogen) atoms. The molecule has 1 amide bonds. The maximum absolute atomic E-state index is 11.8. The van der Waals surface area contributed by atoms with E-state index < -0.39 is 0 Å². The summed E-state index contributed by atoms with van der Waals surface area (Å²) in [6, 6.07) is 4.14. The van der Waals surface area contributed by atoms with Gasteiger partial charge in [-0.1, -0.05) is 11.3 Å². The van der Waals surface area contributed by atoms with Crippen LogP contribution in [-0.2, 0) is 11.2 Å². The van der Waals surface area contributed by atoms with E-state index in [-0.39, 0.29) is 5.91 Å². The van der Waals surface area contributed by atoms with Gasteiger partial charge in [0, 0.05) is 17.2 Å². The summed E-state index contributed by atoms with van der Waals surface area (Å²) in [5.41, 5.74) is 0. The number of aryl methyl sites for hydroxylation is 1. The first-order valence-corrected chi connectivity index (χ1v) is 9.01. The Kier molecular flexibility index (Phi) is 4.48. The summed E-state index contributed by atoms with van der Waals surface area (Å²) in [7, 11) is 0. The van der Waals surface area contributed by atoms with Gasteiger partial charge in [-0.05, 0) is 53.7 Å². The molecule has 0 bridgehead atoms. The second-order valence-electron chi connectivity index (χ2n) is 4.83. The molecule has 0 saturated heterocycles. The van der Waals surface area contributed by atoms with E-state index in [4.69, 9.17) is 0 Å². The van der Waals surface area contributed by atoms with Crippen molar-refractivity contribution in [3.8, 4) is 0 Å². The zero-order valence-electron chi connectivity index (χ0n) is 10.8. The molecular formula is C13H14BrN3OS2. The SMILES string of the molecule is O=C(CCCc1ccc(Br)s1)Nc1nnc(C2CC2)s1. The molecule has 0 unspecified atom stereocenters. The van der Waals surface area contributed by atoms with Crippen molar-refractivity contribution in [3.63, 3.8) is 0 Å². The number of aromatic nitrogens is 2. The van der Waals surface area contributed by atoms with Crippen LogP contribution in [0.2, 0.25) is 0 Å². The van der Waals surface area contributed by atoms with Crippen LogP contribution < -0.4 is 5.32 Å². The Hall–Kier alpha value is -0.790. The van der Waals surface area contributed by atoms with Crippen molar-refractivity contribution < 1.29 is 4.79 Å². The highest BCUT2D eigenvalue weighted by Gasteiger charge is 2.27. The van der Waals surface area contributed by atoms with Gasteiger partial charge in [-0.3, -0.25) is 4.79 Å². The number of halogens is 1. The summed E-state index contributed by atoms with van der Waals surface area (Å²) < 4.78 is 1.14. The monoisotopic (exact) mass is 371 g/mol. The van der Waals surface area contributed by atoms with Crippen molar-refractivity contribution >= 4 is 49.6 Å². The lowest BCUT2D eigenvalue weighted by Gasteiger charge is -2.00. The second kappa shape index (κ2) is 6.32. The minimum atomic E-state index is 0.0270. The van der Waals surface area contributed by atoms with E-state index in [1.165, 1.54) is 29.1 Å². The van der Waals surface area contributed by atoms with E-state index in [2.05, 4.69) is 37.5 Å². The molecule has 4 nitrogen and oxygen atoms in total. The number of hydrogen-bond donors (Lipinski definition) is 1. The van der Waals surface area contributed by atoms with Crippen LogP contribution in [0.3, 0.4) is 0 Å². The highest BCUT2D eigenvalue weighted by atomic mass is 79.9. The lowest BCUT2D eigenvalue weighted by molar-refractivity contribution is -0.116. The van der Waals surface area contributed by atoms with Crippen LogP contribution in [0.1, 0.15) is 41.5 Å². The van der Waals surface area contributed by atoms with Crippen LogP contribution in [0.5, 0.6) is 0 Å². The van der Waals surface area contributed by atoms with Crippen LogP contribution >= 0.6 is 38.6 Å². The molecule has 1 N–H and O–H groups in total. The molecule has 1 fully saturated rings. The van der Waals surface area contributed by atoms with Crippen LogP contribution in [0, 0.1) is 0 Å². The number of nitrogens with one attached hydrogen (secondary N) is 1. The first-order valence-electron chi connectivity index (χ1n) is 6.58. The average molecular weight is 372 g/mol. The van der Waals surface area contributed by atoms with Crippen molar-refractivity contribution in [1.29, 1.82) is 0 Å². The van der Waals surface area contributed by atoms with Gasteiger partial charge in [-0.15, -0.1) is 21.5 Å². The summed E-state index contributed by atoms with van der Waals surface area (Å²) in [4.78, 5) is 13.1. The average Bonchev–Trinajstić information content (AvgIpc) is 3.03. The second-order valence-corrected chi connectivity index (χ2v) is 8.38. The first kappa shape index (κ1) is 14.2. The predicted octanol–water partition coefficient (Wildman–Crippen LogP) is 4.20. The number of amides is 1. The molecule has 0 aliphatic heterocycles. The Balaban J connectivity index is 1.42. The molecular weight excluding hydrogens is 358 g/mol. The minimum Gasteiger partial charge on any atom is -0.301 e. The minimum absolute atomic E-state index is 0.0270. The molecule has 0 radical (unpaired) electrons. The van der Waals surface area contributed by atoms with Crippen molar-refractivity contribution in [1.82, 2.24) is 10.2 Å². The van der Waals surface area contributed by atoms with E-state index in [1.807, 2.05) is 6.07 Å². The lowest BCUT2D eigenvalue weighted by atomic mass is 10.2. The van der Waals surface area contributed by atoms with Gasteiger partial charge in [0.05, 0.1) is 3.79 Å². The quantitative estimate of drug-likeness (QED) is 0.827. The summed E-state index contributed by atoms with van der Waals surface area (Å²) in [6.07, 6.45) is 4.73. The Morgan fingerprint density at radius 1 is 1.35 bits per heavy atom. The zero-order valence-corrected chi connectivity index (χ0v) is 14.0. The molecule has 2 aromatic heterocycles. The molecule has 2 heterocycles. The Labute approximate surface area is 133 Å². The largest absolute Gasteiger partial charge is 0.301 e. The molecule has 0 aromatic carbocycles. The molecule has 3 rings (SSSR count). The standard InChI is InChI=1S/C13H14BrN3OS2/c14-10-7-6-9(19-10)2-1-3-11(18)15-13-17-16-12(20-13)8-4-5-8/h6-8H,1-5H2,(H,15,17,18). The van der Waals surface area contributed by atoms with Crippen LogP contribution in [0.15, 0.2) is 15.9 Å². The van der Waals surface area contributed by atoms with Crippen molar-refractivity contribution in [3.05, 3.63) is 25.8 Å². The lowest BCUT2D eigenvalue weighted by Crippen LogP contribution is -2.11. The molecule has 0 atom stereocenters. The van der Waals surface area contributed by atoms with Gasteiger partial charge in [0.1, 0.15) is 5.01 Å². The third kappa shape index (κ3) is 3.86. The molecule has 2 aromatic rings. The maximum atomic E-state index is 11.8. The molecule has 7 heteroatoms. The van der Waals surface area contributed by atoms with Gasteiger partial charge < -0.3 is 5.32 Å². The Bertz CT molecular complexity index is 606. The fourth-order valence-electron chi connectivity index (χ4n) is 1.87. The predicted molar refractivity (Wildman–Crippen MR) is 85.5 cm³/mol. The number of anilines is 1. The van der Waals surface area contributed by atoms with Crippen LogP contribution in [0.25, 0.3) is 0 Å². The third-order valence-corrected chi connectivity index (χ3v) is 5.75. The van der Waals surface area contributed by atoms with E-state index in [9.17, 15) is 4.79 Å². The summed E-state index contributed by atoms with van der Waals surface area (Å²) in [6.45, 7) is 0. The summed E-state index contributed by atoms with van der Waals surface area (Å²) >= 11 is 6.67. The van der Waals surface area contributed by atoms with Crippen molar-refractivity contribution in [2.45, 2.75) is 38.0 Å². The highest BCUT2D eigenvalue weighted by Crippen LogP contribution is 2.42. The third-order valence-electron chi connectivity index (χ3n) is 3.07. The normalized spacial score (nSPS) is 14.4. The van der Waals surface area contributed by atoms with Crippen LogP contribution in [0.4, 0.5) is 5.13 Å². The van der Waals surface area contributed by atoms with Gasteiger partial charge >= 0.3 is 0 Å². The number of carbonyl (C=O) groups excluding carboxylic acids is 1. The van der Waals surface area contributed by atoms with E-state index in [0.29, 0.717) is 17.5 Å². The number of carbonyl (C=O) groups is 1. The fourth-order valence-corrected chi connectivity index (χ4v) is 4.32. The molecule has 1 saturated carbocycles. The smallest absolute Gasteiger partial charge is 0.226 e. The van der Waals surface area contributed by atoms with Gasteiger partial charge in [-0.25, -0.2) is 0 Å².